The maximum atomic E-state index is 13.9. The molecule has 0 aliphatic heterocycles. The summed E-state index contributed by atoms with van der Waals surface area (Å²) in [5.74, 6) is 5.31. The quantitative estimate of drug-likeness (QED) is 0.557. The van der Waals surface area contributed by atoms with Crippen LogP contribution >= 0.6 is 0 Å². The number of benzene rings is 1. The lowest BCUT2D eigenvalue weighted by Gasteiger charge is -2.16. The highest BCUT2D eigenvalue weighted by atomic mass is 19.1. The van der Waals surface area contributed by atoms with Gasteiger partial charge in [0.25, 0.3) is 0 Å². The summed E-state index contributed by atoms with van der Waals surface area (Å²) < 4.78 is 15.6. The Morgan fingerprint density at radius 3 is 2.68 bits per heavy atom. The molecule has 1 atom stereocenters. The summed E-state index contributed by atoms with van der Waals surface area (Å²) >= 11 is 0. The van der Waals surface area contributed by atoms with Crippen molar-refractivity contribution in [1.29, 1.82) is 0 Å². The lowest BCUT2D eigenvalue weighted by Crippen LogP contribution is -2.29. The fraction of sp³-hybridized carbons (Fsp3) is 0.0714. The van der Waals surface area contributed by atoms with E-state index in [1.165, 1.54) is 6.07 Å². The first kappa shape index (κ1) is 11.8. The number of aromatic nitrogens is 2. The lowest BCUT2D eigenvalue weighted by atomic mass is 10.00. The van der Waals surface area contributed by atoms with Gasteiger partial charge in [-0.3, -0.25) is 5.84 Å². The minimum Gasteiger partial charge on any atom is -0.271 e. The van der Waals surface area contributed by atoms with Crippen LogP contribution in [0.5, 0.6) is 0 Å². The van der Waals surface area contributed by atoms with Gasteiger partial charge in [-0.15, -0.1) is 0 Å². The van der Waals surface area contributed by atoms with Gasteiger partial charge in [-0.1, -0.05) is 24.3 Å². The maximum Gasteiger partial charge on any atom is 0.128 e. The van der Waals surface area contributed by atoms with Gasteiger partial charge in [0.1, 0.15) is 5.82 Å². The number of hydrazine groups is 1. The number of nitrogens with one attached hydrogen (secondary N) is 1. The van der Waals surface area contributed by atoms with E-state index in [1.54, 1.807) is 28.9 Å². The summed E-state index contributed by atoms with van der Waals surface area (Å²) in [5, 5.41) is 4.24. The molecular formula is C14H13FN4. The fourth-order valence-electron chi connectivity index (χ4n) is 2.23. The number of fused-ring (bicyclic) bond motifs is 1. The van der Waals surface area contributed by atoms with E-state index >= 15 is 0 Å². The summed E-state index contributed by atoms with van der Waals surface area (Å²) in [4.78, 5) is 0. The van der Waals surface area contributed by atoms with Crippen molar-refractivity contribution in [2.24, 2.45) is 5.84 Å². The molecular weight excluding hydrogens is 243 g/mol. The van der Waals surface area contributed by atoms with Crippen LogP contribution in [0.15, 0.2) is 54.9 Å². The highest BCUT2D eigenvalue weighted by Crippen LogP contribution is 2.26. The molecule has 19 heavy (non-hydrogen) atoms. The number of rotatable bonds is 3. The largest absolute Gasteiger partial charge is 0.271 e. The van der Waals surface area contributed by atoms with E-state index in [9.17, 15) is 4.39 Å². The number of nitrogens with two attached hydrogens (primary N) is 1. The van der Waals surface area contributed by atoms with Gasteiger partial charge in [0.15, 0.2) is 0 Å². The summed E-state index contributed by atoms with van der Waals surface area (Å²) in [6.45, 7) is 0. The molecule has 1 aromatic carbocycles. The van der Waals surface area contributed by atoms with Crippen molar-refractivity contribution >= 4 is 5.52 Å². The molecule has 2 heterocycles. The highest BCUT2D eigenvalue weighted by molar-refractivity contribution is 5.57. The average Bonchev–Trinajstić information content (AvgIpc) is 2.86. The van der Waals surface area contributed by atoms with E-state index in [0.717, 1.165) is 11.1 Å². The van der Waals surface area contributed by atoms with Gasteiger partial charge in [0.2, 0.25) is 0 Å². The smallest absolute Gasteiger partial charge is 0.128 e. The number of pyridine rings is 1. The van der Waals surface area contributed by atoms with Gasteiger partial charge in [-0.25, -0.2) is 14.3 Å². The molecule has 1 unspecified atom stereocenters. The molecule has 0 amide bonds. The molecule has 3 rings (SSSR count). The Labute approximate surface area is 109 Å². The van der Waals surface area contributed by atoms with Gasteiger partial charge >= 0.3 is 0 Å². The van der Waals surface area contributed by atoms with Crippen LogP contribution in [0.1, 0.15) is 17.2 Å². The molecule has 0 fully saturated rings. The second-order valence-electron chi connectivity index (χ2n) is 4.25. The Balaban J connectivity index is 2.15. The second-order valence-corrected chi connectivity index (χ2v) is 4.25. The Hall–Kier alpha value is -2.24. The average molecular weight is 256 g/mol. The molecule has 3 N–H and O–H groups in total. The molecule has 0 bridgehead atoms. The van der Waals surface area contributed by atoms with E-state index in [0.29, 0.717) is 5.56 Å². The minimum absolute atomic E-state index is 0.291. The van der Waals surface area contributed by atoms with Crippen molar-refractivity contribution in [3.05, 3.63) is 71.8 Å². The van der Waals surface area contributed by atoms with Gasteiger partial charge in [0.05, 0.1) is 17.8 Å². The molecule has 0 radical (unpaired) electrons. The Kier molecular flexibility index (Phi) is 2.98. The molecule has 4 nitrogen and oxygen atoms in total. The normalized spacial score (nSPS) is 12.7. The molecule has 5 heteroatoms. The zero-order valence-electron chi connectivity index (χ0n) is 10.1. The monoisotopic (exact) mass is 256 g/mol. The second kappa shape index (κ2) is 4.79. The van der Waals surface area contributed by atoms with Crippen molar-refractivity contribution in [3.8, 4) is 0 Å². The van der Waals surface area contributed by atoms with Crippen molar-refractivity contribution < 1.29 is 4.39 Å². The van der Waals surface area contributed by atoms with Crippen LogP contribution in [-0.2, 0) is 0 Å². The van der Waals surface area contributed by atoms with E-state index < -0.39 is 6.04 Å². The topological polar surface area (TPSA) is 55.3 Å². The van der Waals surface area contributed by atoms with Crippen molar-refractivity contribution in [2.45, 2.75) is 6.04 Å². The van der Waals surface area contributed by atoms with E-state index in [2.05, 4.69) is 10.5 Å². The van der Waals surface area contributed by atoms with Gasteiger partial charge < -0.3 is 0 Å². The first-order valence-electron chi connectivity index (χ1n) is 5.94. The fourth-order valence-corrected chi connectivity index (χ4v) is 2.23. The third-order valence-corrected chi connectivity index (χ3v) is 3.15. The van der Waals surface area contributed by atoms with Crippen molar-refractivity contribution in [3.63, 3.8) is 0 Å². The van der Waals surface area contributed by atoms with Crippen LogP contribution < -0.4 is 11.3 Å². The zero-order chi connectivity index (χ0) is 13.2. The number of hydrogen-bond acceptors (Lipinski definition) is 3. The predicted octanol–water partition coefficient (Wildman–Crippen LogP) is 2.03. The van der Waals surface area contributed by atoms with E-state index in [-0.39, 0.29) is 5.82 Å². The van der Waals surface area contributed by atoms with E-state index in [1.807, 2.05) is 24.4 Å². The van der Waals surface area contributed by atoms with Crippen molar-refractivity contribution in [1.82, 2.24) is 15.0 Å². The third kappa shape index (κ3) is 1.99. The summed E-state index contributed by atoms with van der Waals surface area (Å²) in [6, 6.07) is 11.9. The van der Waals surface area contributed by atoms with Crippen LogP contribution in [0.25, 0.3) is 5.52 Å². The zero-order valence-corrected chi connectivity index (χ0v) is 10.1. The third-order valence-electron chi connectivity index (χ3n) is 3.15. The van der Waals surface area contributed by atoms with Crippen molar-refractivity contribution in [2.75, 3.05) is 0 Å². The molecule has 3 aromatic rings. The molecule has 2 aromatic heterocycles. The summed E-state index contributed by atoms with van der Waals surface area (Å²) in [7, 11) is 0. The SMILES string of the molecule is NNC(c1ccccc1F)c1cnn2ccccc12. The van der Waals surface area contributed by atoms with Crippen LogP contribution in [-0.4, -0.2) is 9.61 Å². The minimum atomic E-state index is -0.430. The van der Waals surface area contributed by atoms with Crippen LogP contribution in [0.3, 0.4) is 0 Å². The standard InChI is InChI=1S/C14H13FN4/c15-12-6-2-1-5-10(12)14(18-16)11-9-17-19-8-4-3-7-13(11)19/h1-9,14,18H,16H2. The van der Waals surface area contributed by atoms with Gasteiger partial charge in [0, 0.05) is 17.3 Å². The summed E-state index contributed by atoms with van der Waals surface area (Å²) in [6.07, 6.45) is 3.54. The molecule has 96 valence electrons. The van der Waals surface area contributed by atoms with Crippen LogP contribution in [0, 0.1) is 5.82 Å². The Morgan fingerprint density at radius 1 is 1.11 bits per heavy atom. The lowest BCUT2D eigenvalue weighted by molar-refractivity contribution is 0.562. The molecule has 0 spiro atoms. The van der Waals surface area contributed by atoms with E-state index in [4.69, 9.17) is 5.84 Å². The first-order valence-corrected chi connectivity index (χ1v) is 5.94. The number of hydrogen-bond donors (Lipinski definition) is 2. The molecule has 0 saturated heterocycles. The van der Waals surface area contributed by atoms with Gasteiger partial charge in [-0.2, -0.15) is 5.10 Å². The predicted molar refractivity (Wildman–Crippen MR) is 70.8 cm³/mol. The molecule has 0 saturated carbocycles. The highest BCUT2D eigenvalue weighted by Gasteiger charge is 2.19. The van der Waals surface area contributed by atoms with Crippen LogP contribution in [0.2, 0.25) is 0 Å². The maximum absolute atomic E-state index is 13.9. The molecule has 0 aliphatic rings. The van der Waals surface area contributed by atoms with Gasteiger partial charge in [-0.05, 0) is 18.2 Å². The Bertz CT molecular complexity index is 707. The van der Waals surface area contributed by atoms with Crippen LogP contribution in [0.4, 0.5) is 4.39 Å². The number of nitrogens with zero attached hydrogens (tertiary/aromatic N) is 2. The summed E-state index contributed by atoms with van der Waals surface area (Å²) in [5.41, 5.74) is 4.90. The first-order chi connectivity index (χ1) is 9.31. The Morgan fingerprint density at radius 2 is 1.89 bits per heavy atom. The molecule has 0 aliphatic carbocycles. The number of halogens is 1.